The van der Waals surface area contributed by atoms with Crippen LogP contribution in [0, 0.1) is 11.8 Å². The fourth-order valence-corrected chi connectivity index (χ4v) is 5.07. The lowest BCUT2D eigenvalue weighted by atomic mass is 9.99. The van der Waals surface area contributed by atoms with Crippen LogP contribution >= 0.6 is 0 Å². The van der Waals surface area contributed by atoms with E-state index in [-0.39, 0.29) is 25.0 Å². The van der Waals surface area contributed by atoms with Gasteiger partial charge in [-0.1, -0.05) is 70.2 Å². The molecule has 0 fully saturated rings. The minimum Gasteiger partial charge on any atom is -0.508 e. The van der Waals surface area contributed by atoms with Crippen LogP contribution in [0.3, 0.4) is 0 Å². The molecule has 0 radical (unpaired) electrons. The highest BCUT2D eigenvalue weighted by Gasteiger charge is 2.34. The van der Waals surface area contributed by atoms with E-state index in [4.69, 9.17) is 5.73 Å². The summed E-state index contributed by atoms with van der Waals surface area (Å²) in [4.78, 5) is 89.6. The van der Waals surface area contributed by atoms with Crippen LogP contribution in [0.4, 0.5) is 0 Å². The number of phenols is 1. The van der Waals surface area contributed by atoms with E-state index < -0.39 is 96.0 Å². The maximum absolute atomic E-state index is 13.7. The summed E-state index contributed by atoms with van der Waals surface area (Å²) in [6, 6.07) is 7.31. The summed E-state index contributed by atoms with van der Waals surface area (Å²) in [7, 11) is 0. The Hall–Kier alpha value is -5.51. The second kappa shape index (κ2) is 20.4. The van der Waals surface area contributed by atoms with E-state index in [0.29, 0.717) is 11.1 Å². The van der Waals surface area contributed by atoms with Crippen molar-refractivity contribution in [1.82, 2.24) is 26.6 Å². The van der Waals surface area contributed by atoms with Gasteiger partial charge in [0.2, 0.25) is 29.5 Å². The van der Waals surface area contributed by atoms with Crippen LogP contribution in [-0.2, 0) is 46.4 Å². The van der Waals surface area contributed by atoms with Crippen LogP contribution in [0.15, 0.2) is 54.6 Å². The second-order valence-electron chi connectivity index (χ2n) is 13.3. The number of hydrogen-bond acceptors (Lipinski definition) is 9. The summed E-state index contributed by atoms with van der Waals surface area (Å²) < 4.78 is 0. The van der Waals surface area contributed by atoms with Crippen molar-refractivity contribution in [2.75, 3.05) is 0 Å². The molecule has 0 aromatic heterocycles. The van der Waals surface area contributed by atoms with Gasteiger partial charge in [-0.05, 0) is 54.9 Å². The number of carboxylic acids is 2. The Kier molecular flexibility index (Phi) is 16.7. The number of carbonyl (C=O) groups is 7. The van der Waals surface area contributed by atoms with Crippen molar-refractivity contribution in [1.29, 1.82) is 0 Å². The summed E-state index contributed by atoms with van der Waals surface area (Å²) >= 11 is 0. The lowest BCUT2D eigenvalue weighted by Crippen LogP contribution is -2.60. The van der Waals surface area contributed by atoms with E-state index in [1.165, 1.54) is 19.1 Å². The van der Waals surface area contributed by atoms with Crippen LogP contribution in [0.1, 0.15) is 58.6 Å². The molecule has 6 unspecified atom stereocenters. The lowest BCUT2D eigenvalue weighted by Gasteiger charge is -2.28. The van der Waals surface area contributed by atoms with E-state index in [1.807, 2.05) is 0 Å². The molecule has 5 amide bonds. The van der Waals surface area contributed by atoms with Gasteiger partial charge in [0.15, 0.2) is 0 Å². The Morgan fingerprint density at radius 3 is 1.65 bits per heavy atom. The molecule has 0 saturated carbocycles. The number of carbonyl (C=O) groups excluding carboxylic acids is 5. The number of nitrogens with two attached hydrogens (primary N) is 1. The molecule has 0 heterocycles. The van der Waals surface area contributed by atoms with Gasteiger partial charge in [-0.3, -0.25) is 28.8 Å². The van der Waals surface area contributed by atoms with Gasteiger partial charge in [0, 0.05) is 12.8 Å². The number of aliphatic carboxylic acids is 2. The van der Waals surface area contributed by atoms with Crippen molar-refractivity contribution < 1.29 is 48.9 Å². The molecule has 16 heteroatoms. The molecule has 2 aromatic carbocycles. The highest BCUT2D eigenvalue weighted by molar-refractivity contribution is 5.96. The number of rotatable bonds is 20. The van der Waals surface area contributed by atoms with Gasteiger partial charge >= 0.3 is 11.9 Å². The predicted octanol–water partition coefficient (Wildman–Crippen LogP) is 0.210. The van der Waals surface area contributed by atoms with Gasteiger partial charge in [-0.2, -0.15) is 0 Å². The SMILES string of the molecule is CC(NC(=O)C(N)Cc1ccc(O)cc1)C(=O)NC(Cc1ccccc1)C(=O)NC(CCC(=O)O)C(=O)NC(C(=O)NC(C(=O)O)C(C)C)C(C)C. The van der Waals surface area contributed by atoms with Crippen molar-refractivity contribution >= 4 is 41.5 Å². The predicted molar refractivity (Wildman–Crippen MR) is 189 cm³/mol. The summed E-state index contributed by atoms with van der Waals surface area (Å²) in [5.74, 6) is -7.38. The Balaban J connectivity index is 2.25. The molecular formula is C36H50N6O10. The van der Waals surface area contributed by atoms with Gasteiger partial charge in [-0.15, -0.1) is 0 Å². The monoisotopic (exact) mass is 726 g/mol. The first-order valence-electron chi connectivity index (χ1n) is 16.9. The van der Waals surface area contributed by atoms with Crippen LogP contribution < -0.4 is 32.3 Å². The first-order valence-corrected chi connectivity index (χ1v) is 16.9. The van der Waals surface area contributed by atoms with Crippen molar-refractivity contribution in [3.63, 3.8) is 0 Å². The maximum atomic E-state index is 13.7. The fourth-order valence-electron chi connectivity index (χ4n) is 5.07. The molecule has 52 heavy (non-hydrogen) atoms. The normalized spacial score (nSPS) is 14.5. The zero-order valence-corrected chi connectivity index (χ0v) is 29.9. The van der Waals surface area contributed by atoms with Gasteiger partial charge in [-0.25, -0.2) is 4.79 Å². The Morgan fingerprint density at radius 1 is 0.596 bits per heavy atom. The topological polar surface area (TPSA) is 266 Å². The maximum Gasteiger partial charge on any atom is 0.326 e. The lowest BCUT2D eigenvalue weighted by molar-refractivity contribution is -0.144. The van der Waals surface area contributed by atoms with E-state index in [9.17, 15) is 48.9 Å². The molecule has 10 N–H and O–H groups in total. The quantitative estimate of drug-likeness (QED) is 0.0890. The number of hydrogen-bond donors (Lipinski definition) is 9. The molecule has 2 aromatic rings. The smallest absolute Gasteiger partial charge is 0.326 e. The van der Waals surface area contributed by atoms with Crippen molar-refractivity contribution in [3.05, 3.63) is 65.7 Å². The molecular weight excluding hydrogens is 676 g/mol. The molecule has 16 nitrogen and oxygen atoms in total. The molecule has 0 spiro atoms. The Bertz CT molecular complexity index is 1550. The number of aromatic hydroxyl groups is 1. The zero-order valence-electron chi connectivity index (χ0n) is 29.9. The zero-order chi connectivity index (χ0) is 39.1. The number of benzene rings is 2. The highest BCUT2D eigenvalue weighted by Crippen LogP contribution is 2.12. The van der Waals surface area contributed by atoms with Crippen molar-refractivity contribution in [2.45, 2.75) is 96.6 Å². The van der Waals surface area contributed by atoms with Crippen molar-refractivity contribution in [3.8, 4) is 5.75 Å². The summed E-state index contributed by atoms with van der Waals surface area (Å²) in [5.41, 5.74) is 7.36. The van der Waals surface area contributed by atoms with Gasteiger partial charge in [0.1, 0.15) is 36.0 Å². The second-order valence-corrected chi connectivity index (χ2v) is 13.3. The van der Waals surface area contributed by atoms with Gasteiger partial charge < -0.3 is 47.6 Å². The standard InChI is InChI=1S/C36H50N6O10/c1-19(2)29(35(50)42-30(20(3)4)36(51)52)41-33(48)26(15-16-28(44)45)39-34(49)27(18-22-9-7-6-8-10-22)40-31(46)21(5)38-32(47)25(37)17-23-11-13-24(43)14-12-23/h6-14,19-21,25-27,29-30,43H,15-18,37H2,1-5H3,(H,38,47)(H,39,49)(H,40,46)(H,41,48)(H,42,50)(H,44,45)(H,51,52). The molecule has 2 rings (SSSR count). The molecule has 6 atom stereocenters. The number of phenolic OH excluding ortho intramolecular Hbond substituents is 1. The van der Waals surface area contributed by atoms with E-state index in [0.717, 1.165) is 0 Å². The first kappa shape index (κ1) is 42.7. The summed E-state index contributed by atoms with van der Waals surface area (Å²) in [6.45, 7) is 7.84. The fraction of sp³-hybridized carbons (Fsp3) is 0.472. The number of nitrogens with one attached hydrogen (secondary N) is 5. The Morgan fingerprint density at radius 2 is 1.12 bits per heavy atom. The average molecular weight is 727 g/mol. The van der Waals surface area contributed by atoms with E-state index >= 15 is 0 Å². The minimum absolute atomic E-state index is 0.0461. The van der Waals surface area contributed by atoms with Crippen LogP contribution in [-0.4, -0.2) is 93.0 Å². The molecule has 0 saturated heterocycles. The third kappa shape index (κ3) is 14.0. The van der Waals surface area contributed by atoms with Crippen LogP contribution in [0.2, 0.25) is 0 Å². The summed E-state index contributed by atoms with van der Waals surface area (Å²) in [6.07, 6.45) is -0.832. The third-order valence-corrected chi connectivity index (χ3v) is 8.15. The van der Waals surface area contributed by atoms with Crippen LogP contribution in [0.25, 0.3) is 0 Å². The number of carboxylic acid groups (broad SMARTS) is 2. The molecule has 0 bridgehead atoms. The largest absolute Gasteiger partial charge is 0.508 e. The number of amides is 5. The average Bonchev–Trinajstić information content (AvgIpc) is 3.07. The molecule has 0 aliphatic rings. The van der Waals surface area contributed by atoms with Gasteiger partial charge in [0.25, 0.3) is 0 Å². The first-order chi connectivity index (χ1) is 24.4. The van der Waals surface area contributed by atoms with Gasteiger partial charge in [0.05, 0.1) is 6.04 Å². The minimum atomic E-state index is -1.47. The third-order valence-electron chi connectivity index (χ3n) is 8.15. The van der Waals surface area contributed by atoms with Crippen LogP contribution in [0.5, 0.6) is 5.75 Å². The molecule has 0 aliphatic heterocycles. The van der Waals surface area contributed by atoms with E-state index in [2.05, 4.69) is 26.6 Å². The highest BCUT2D eigenvalue weighted by atomic mass is 16.4. The van der Waals surface area contributed by atoms with Crippen molar-refractivity contribution in [2.24, 2.45) is 17.6 Å². The Labute approximate surface area is 302 Å². The summed E-state index contributed by atoms with van der Waals surface area (Å²) in [5, 5.41) is 40.9. The molecule has 0 aliphatic carbocycles. The molecule has 284 valence electrons. The van der Waals surface area contributed by atoms with E-state index in [1.54, 1.807) is 70.2 Å².